The Morgan fingerprint density at radius 2 is 2.09 bits per heavy atom. The zero-order valence-electron chi connectivity index (χ0n) is 13.4. The Hall–Kier alpha value is -1.24. The van der Waals surface area contributed by atoms with Gasteiger partial charge in [-0.05, 0) is 25.7 Å². The molecule has 126 valence electrons. The molecule has 0 bridgehead atoms. The molecule has 1 saturated heterocycles. The van der Waals surface area contributed by atoms with Crippen molar-refractivity contribution in [1.82, 2.24) is 10.2 Å². The van der Waals surface area contributed by atoms with Crippen LogP contribution in [-0.4, -0.2) is 53.5 Å². The Morgan fingerprint density at radius 1 is 1.32 bits per heavy atom. The van der Waals surface area contributed by atoms with Gasteiger partial charge in [0.1, 0.15) is 0 Å². The van der Waals surface area contributed by atoms with E-state index >= 15 is 0 Å². The van der Waals surface area contributed by atoms with Crippen molar-refractivity contribution in [2.45, 2.75) is 52.0 Å². The molecule has 1 heterocycles. The average molecular weight is 330 g/mol. The Kier molecular flexibility index (Phi) is 8.96. The Bertz CT molecular complexity index is 390. The molecule has 7 heteroatoms. The summed E-state index contributed by atoms with van der Waals surface area (Å²) in [4.78, 5) is 36.4. The number of nitrogens with one attached hydrogen (secondary N) is 1. The lowest BCUT2D eigenvalue weighted by Gasteiger charge is -2.24. The van der Waals surface area contributed by atoms with Gasteiger partial charge >= 0.3 is 6.09 Å². The quantitative estimate of drug-likeness (QED) is 0.755. The summed E-state index contributed by atoms with van der Waals surface area (Å²) in [5, 5.41) is 2.83. The van der Waals surface area contributed by atoms with Crippen molar-refractivity contribution in [3.8, 4) is 0 Å². The van der Waals surface area contributed by atoms with Crippen molar-refractivity contribution in [3.63, 3.8) is 0 Å². The second-order valence-electron chi connectivity index (χ2n) is 5.45. The van der Waals surface area contributed by atoms with E-state index in [2.05, 4.69) is 5.32 Å². The number of thioether (sulfide) groups is 1. The molecule has 1 aliphatic heterocycles. The van der Waals surface area contributed by atoms with Gasteiger partial charge in [0, 0.05) is 26.1 Å². The highest BCUT2D eigenvalue weighted by molar-refractivity contribution is 8.14. The highest BCUT2D eigenvalue weighted by Crippen LogP contribution is 2.12. The second kappa shape index (κ2) is 10.5. The van der Waals surface area contributed by atoms with Crippen LogP contribution in [0.25, 0.3) is 0 Å². The minimum atomic E-state index is -0.298. The van der Waals surface area contributed by atoms with Gasteiger partial charge in [-0.25, -0.2) is 4.79 Å². The number of hydrogen-bond donors (Lipinski definition) is 1. The Labute approximate surface area is 136 Å². The lowest BCUT2D eigenvalue weighted by Crippen LogP contribution is -2.45. The summed E-state index contributed by atoms with van der Waals surface area (Å²) in [6.45, 7) is 5.07. The van der Waals surface area contributed by atoms with Crippen LogP contribution in [0.15, 0.2) is 0 Å². The van der Waals surface area contributed by atoms with Gasteiger partial charge in [-0.2, -0.15) is 0 Å². The van der Waals surface area contributed by atoms with Crippen LogP contribution in [0.2, 0.25) is 0 Å². The van der Waals surface area contributed by atoms with Gasteiger partial charge in [0.05, 0.1) is 12.4 Å². The maximum atomic E-state index is 12.0. The molecule has 1 rings (SSSR count). The molecule has 1 aliphatic rings. The van der Waals surface area contributed by atoms with Crippen molar-refractivity contribution in [2.24, 2.45) is 0 Å². The lowest BCUT2D eigenvalue weighted by molar-refractivity contribution is -0.119. The molecule has 0 radical (unpaired) electrons. The molecule has 0 aliphatic carbocycles. The van der Waals surface area contributed by atoms with Crippen molar-refractivity contribution in [1.29, 1.82) is 0 Å². The number of unbranched alkanes of at least 4 members (excludes halogenated alkanes) is 1. The van der Waals surface area contributed by atoms with Crippen LogP contribution in [0, 0.1) is 0 Å². The smallest absolute Gasteiger partial charge is 0.409 e. The first kappa shape index (κ1) is 18.8. The summed E-state index contributed by atoms with van der Waals surface area (Å²) in [7, 11) is 0. The molecule has 0 unspecified atom stereocenters. The molecule has 1 atom stereocenters. The fourth-order valence-corrected chi connectivity index (χ4v) is 2.67. The first-order chi connectivity index (χ1) is 10.5. The number of nitrogens with zero attached hydrogens (tertiary/aromatic N) is 1. The van der Waals surface area contributed by atoms with Gasteiger partial charge in [0.25, 0.3) is 0 Å². The summed E-state index contributed by atoms with van der Waals surface area (Å²) >= 11 is 0.998. The van der Waals surface area contributed by atoms with E-state index < -0.39 is 0 Å². The third-order valence-electron chi connectivity index (χ3n) is 3.42. The molecule has 0 aromatic rings. The van der Waals surface area contributed by atoms with E-state index in [-0.39, 0.29) is 28.9 Å². The fourth-order valence-electron chi connectivity index (χ4n) is 2.26. The third kappa shape index (κ3) is 7.68. The van der Waals surface area contributed by atoms with Crippen molar-refractivity contribution in [3.05, 3.63) is 0 Å². The molecule has 0 saturated carbocycles. The summed E-state index contributed by atoms with van der Waals surface area (Å²) in [5.41, 5.74) is 0. The van der Waals surface area contributed by atoms with E-state index in [4.69, 9.17) is 4.74 Å². The fraction of sp³-hybridized carbons (Fsp3) is 0.800. The van der Waals surface area contributed by atoms with Crippen LogP contribution in [0.5, 0.6) is 0 Å². The van der Waals surface area contributed by atoms with Crippen LogP contribution < -0.4 is 5.32 Å². The third-order valence-corrected chi connectivity index (χ3v) is 4.24. The zero-order chi connectivity index (χ0) is 16.4. The molecule has 1 fully saturated rings. The summed E-state index contributed by atoms with van der Waals surface area (Å²) in [6, 6.07) is -0.0683. The molecule has 0 spiro atoms. The second-order valence-corrected chi connectivity index (χ2v) is 6.61. The van der Waals surface area contributed by atoms with E-state index in [9.17, 15) is 14.4 Å². The molecule has 22 heavy (non-hydrogen) atoms. The minimum Gasteiger partial charge on any atom is -0.449 e. The topological polar surface area (TPSA) is 75.7 Å². The molecule has 0 aromatic carbocycles. The number of rotatable bonds is 6. The normalized spacial score (nSPS) is 18.5. The van der Waals surface area contributed by atoms with Crippen molar-refractivity contribution in [2.75, 3.05) is 25.4 Å². The number of carbonyl (C=O) groups is 3. The Balaban J connectivity index is 2.42. The summed E-state index contributed by atoms with van der Waals surface area (Å²) in [6.07, 6.45) is 4.27. The highest BCUT2D eigenvalue weighted by atomic mass is 32.2. The number of ether oxygens (including phenoxy) is 1. The number of amides is 2. The number of hydrogen-bond acceptors (Lipinski definition) is 5. The van der Waals surface area contributed by atoms with Crippen LogP contribution in [0.3, 0.4) is 0 Å². The highest BCUT2D eigenvalue weighted by Gasteiger charge is 2.24. The molecular weight excluding hydrogens is 304 g/mol. The molecule has 1 N–H and O–H groups in total. The Morgan fingerprint density at radius 3 is 2.77 bits per heavy atom. The maximum absolute atomic E-state index is 12.0. The first-order valence-electron chi connectivity index (χ1n) is 7.87. The van der Waals surface area contributed by atoms with E-state index in [1.165, 1.54) is 6.92 Å². The van der Waals surface area contributed by atoms with E-state index in [0.29, 0.717) is 19.7 Å². The monoisotopic (exact) mass is 330 g/mol. The molecule has 2 amide bonds. The van der Waals surface area contributed by atoms with Crippen molar-refractivity contribution < 1.29 is 19.1 Å². The van der Waals surface area contributed by atoms with Gasteiger partial charge in [-0.3, -0.25) is 9.59 Å². The minimum absolute atomic E-state index is 0.0683. The summed E-state index contributed by atoms with van der Waals surface area (Å²) in [5.74, 6) is -0.0290. The number of carbonyl (C=O) groups excluding carboxylic acids is 3. The predicted octanol–water partition coefficient (Wildman–Crippen LogP) is 2.17. The standard InChI is InChI=1S/C15H26N2O4S/c1-3-4-9-21-15(20)17-8-6-5-7-13(10-17)16-14(19)11-22-12(2)18/h13H,3-11H2,1-2H3,(H,16,19)/t13-/m1/s1. The van der Waals surface area contributed by atoms with Gasteiger partial charge in [-0.1, -0.05) is 25.1 Å². The number of likely N-dealkylation sites (tertiary alicyclic amines) is 1. The zero-order valence-corrected chi connectivity index (χ0v) is 14.2. The van der Waals surface area contributed by atoms with Gasteiger partial charge in [0.2, 0.25) is 5.91 Å². The lowest BCUT2D eigenvalue weighted by atomic mass is 10.1. The van der Waals surface area contributed by atoms with Gasteiger partial charge in [0.15, 0.2) is 5.12 Å². The van der Waals surface area contributed by atoms with Crippen LogP contribution in [0.1, 0.15) is 46.0 Å². The summed E-state index contributed by atoms with van der Waals surface area (Å²) < 4.78 is 5.24. The molecule has 0 aromatic heterocycles. The van der Waals surface area contributed by atoms with E-state index in [1.54, 1.807) is 4.90 Å². The average Bonchev–Trinajstić information content (AvgIpc) is 2.71. The predicted molar refractivity (Wildman–Crippen MR) is 86.7 cm³/mol. The largest absolute Gasteiger partial charge is 0.449 e. The first-order valence-corrected chi connectivity index (χ1v) is 8.86. The van der Waals surface area contributed by atoms with E-state index in [0.717, 1.165) is 43.9 Å². The van der Waals surface area contributed by atoms with Gasteiger partial charge in [-0.15, -0.1) is 0 Å². The van der Waals surface area contributed by atoms with Gasteiger partial charge < -0.3 is 15.0 Å². The van der Waals surface area contributed by atoms with Crippen LogP contribution in [0.4, 0.5) is 4.79 Å². The van der Waals surface area contributed by atoms with Crippen molar-refractivity contribution >= 4 is 28.9 Å². The molecule has 6 nitrogen and oxygen atoms in total. The van der Waals surface area contributed by atoms with E-state index in [1.807, 2.05) is 6.92 Å². The maximum Gasteiger partial charge on any atom is 0.409 e. The van der Waals surface area contributed by atoms with Crippen LogP contribution >= 0.6 is 11.8 Å². The SMILES string of the molecule is CCCCOC(=O)N1CCCC[C@@H](NC(=O)CSC(C)=O)C1. The molecular formula is C15H26N2O4S. The van der Waals surface area contributed by atoms with Crippen LogP contribution in [-0.2, 0) is 14.3 Å².